The molecule has 2 nitrogen and oxygen atoms in total. The summed E-state index contributed by atoms with van der Waals surface area (Å²) in [4.78, 5) is 6.62. The lowest BCUT2D eigenvalue weighted by Gasteiger charge is -2.52. The minimum Gasteiger partial charge on any atom is -0.295 e. The maximum Gasteiger partial charge on any atom is 0.0774 e. The zero-order valence-electron chi connectivity index (χ0n) is 17.6. The predicted octanol–water partition coefficient (Wildman–Crippen LogP) is 6.50. The second-order valence-corrected chi connectivity index (χ2v) is 9.57. The summed E-state index contributed by atoms with van der Waals surface area (Å²) in [6.07, 6.45) is 7.33. The Morgan fingerprint density at radius 1 is 1.08 bits per heavy atom. The van der Waals surface area contributed by atoms with E-state index in [9.17, 15) is 0 Å². The molecule has 1 aromatic rings. The molecule has 1 saturated heterocycles. The summed E-state index contributed by atoms with van der Waals surface area (Å²) in [5.74, 6) is 0. The highest BCUT2D eigenvalue weighted by Crippen LogP contribution is 2.40. The zero-order valence-corrected chi connectivity index (χ0v) is 17.6. The monoisotopic (exact) mass is 345 g/mol. The van der Waals surface area contributed by atoms with E-state index >= 15 is 0 Å². The average molecular weight is 346 g/mol. The molecule has 1 aliphatic rings. The van der Waals surface area contributed by atoms with E-state index in [0.29, 0.717) is 0 Å². The third kappa shape index (κ3) is 4.86. The Morgan fingerprint density at radius 3 is 2.16 bits per heavy atom. The summed E-state index contributed by atoms with van der Waals surface area (Å²) in [6, 6.07) is 11.0. The van der Waals surface area contributed by atoms with Crippen LogP contribution in [0.3, 0.4) is 0 Å². The van der Waals surface area contributed by atoms with Gasteiger partial charge in [0.1, 0.15) is 0 Å². The van der Waals surface area contributed by atoms with E-state index in [1.54, 1.807) is 0 Å². The molecule has 0 N–H and O–H groups in total. The highest BCUT2D eigenvalue weighted by Gasteiger charge is 2.43. The normalized spacial score (nSPS) is 23.8. The minimum atomic E-state index is 0.101. The van der Waals surface area contributed by atoms with Crippen molar-refractivity contribution in [1.29, 1.82) is 0 Å². The van der Waals surface area contributed by atoms with Gasteiger partial charge in [0.05, 0.1) is 6.10 Å². The lowest BCUT2D eigenvalue weighted by atomic mass is 9.74. The average Bonchev–Trinajstić information content (AvgIpc) is 2.52. The molecular weight excluding hydrogens is 306 g/mol. The maximum atomic E-state index is 6.62. The second kappa shape index (κ2) is 7.80. The van der Waals surface area contributed by atoms with Crippen LogP contribution in [0, 0.1) is 0 Å². The quantitative estimate of drug-likeness (QED) is 0.559. The van der Waals surface area contributed by atoms with Crippen molar-refractivity contribution in [3.8, 4) is 0 Å². The summed E-state index contributed by atoms with van der Waals surface area (Å²) in [7, 11) is 0. The molecule has 2 rings (SSSR count). The largest absolute Gasteiger partial charge is 0.295 e. The van der Waals surface area contributed by atoms with Crippen molar-refractivity contribution in [2.75, 3.05) is 0 Å². The summed E-state index contributed by atoms with van der Waals surface area (Å²) < 4.78 is 0. The number of nitrogens with zero attached hydrogens (tertiary/aromatic N) is 1. The third-order valence-electron chi connectivity index (χ3n) is 5.97. The topological polar surface area (TPSA) is 12.5 Å². The molecule has 25 heavy (non-hydrogen) atoms. The van der Waals surface area contributed by atoms with E-state index in [2.05, 4.69) is 83.9 Å². The van der Waals surface area contributed by atoms with Gasteiger partial charge in [-0.05, 0) is 77.7 Å². The van der Waals surface area contributed by atoms with Crippen LogP contribution in [-0.2, 0) is 10.3 Å². The van der Waals surface area contributed by atoms with Crippen molar-refractivity contribution in [2.45, 2.75) is 110 Å². The van der Waals surface area contributed by atoms with Gasteiger partial charge >= 0.3 is 0 Å². The second-order valence-electron chi connectivity index (χ2n) is 9.57. The molecule has 142 valence electrons. The summed E-state index contributed by atoms with van der Waals surface area (Å²) >= 11 is 0. The van der Waals surface area contributed by atoms with E-state index in [1.165, 1.54) is 37.7 Å². The highest BCUT2D eigenvalue weighted by atomic mass is 16.7. The van der Waals surface area contributed by atoms with Gasteiger partial charge in [-0.2, -0.15) is 5.06 Å². The van der Waals surface area contributed by atoms with Crippen LogP contribution in [0.25, 0.3) is 0 Å². The molecule has 1 aromatic carbocycles. The molecule has 2 atom stereocenters. The van der Waals surface area contributed by atoms with Crippen LogP contribution in [0.1, 0.15) is 92.6 Å². The first-order valence-corrected chi connectivity index (χ1v) is 10.1. The molecular formula is C23H39NO. The van der Waals surface area contributed by atoms with Gasteiger partial charge in [-0.1, -0.05) is 50.6 Å². The Bertz CT molecular complexity index is 520. The van der Waals surface area contributed by atoms with E-state index in [0.717, 1.165) is 6.42 Å². The molecule has 1 fully saturated rings. The van der Waals surface area contributed by atoms with Crippen molar-refractivity contribution >= 4 is 0 Å². The fourth-order valence-electron chi connectivity index (χ4n) is 4.87. The molecule has 0 bridgehead atoms. The van der Waals surface area contributed by atoms with Crippen LogP contribution >= 0.6 is 0 Å². The van der Waals surface area contributed by atoms with Crippen molar-refractivity contribution in [2.24, 2.45) is 0 Å². The summed E-state index contributed by atoms with van der Waals surface area (Å²) in [5, 5.41) is 2.31. The van der Waals surface area contributed by atoms with E-state index in [-0.39, 0.29) is 22.6 Å². The van der Waals surface area contributed by atoms with Gasteiger partial charge < -0.3 is 0 Å². The van der Waals surface area contributed by atoms with Crippen molar-refractivity contribution in [1.82, 2.24) is 5.06 Å². The molecule has 0 saturated carbocycles. The van der Waals surface area contributed by atoms with Gasteiger partial charge in [-0.15, -0.1) is 0 Å². The number of piperidine rings is 1. The first-order valence-electron chi connectivity index (χ1n) is 10.1. The van der Waals surface area contributed by atoms with Gasteiger partial charge in [0.2, 0.25) is 0 Å². The van der Waals surface area contributed by atoms with Crippen molar-refractivity contribution < 1.29 is 4.84 Å². The van der Waals surface area contributed by atoms with Crippen LogP contribution in [0.5, 0.6) is 0 Å². The molecule has 0 aromatic heterocycles. The Labute approximate surface area is 155 Å². The number of benzene rings is 1. The third-order valence-corrected chi connectivity index (χ3v) is 5.97. The number of hydroxylamine groups is 2. The standard InChI is InChI=1S/C23H39NO/c1-8-15-23(7,20-13-10-9-11-14-20)18-19(2)25-24-21(3,4)16-12-17-22(24,5)6/h9-11,13-14,19H,8,12,15-18H2,1-7H3. The molecule has 2 heteroatoms. The maximum absolute atomic E-state index is 6.62. The molecule has 0 amide bonds. The smallest absolute Gasteiger partial charge is 0.0774 e. The van der Waals surface area contributed by atoms with Crippen LogP contribution in [0.4, 0.5) is 0 Å². The van der Waals surface area contributed by atoms with Crippen molar-refractivity contribution in [3.05, 3.63) is 35.9 Å². The Balaban J connectivity index is 2.14. The van der Waals surface area contributed by atoms with Gasteiger partial charge in [0, 0.05) is 11.1 Å². The number of hydrogen-bond donors (Lipinski definition) is 0. The highest BCUT2D eigenvalue weighted by molar-refractivity contribution is 5.24. The van der Waals surface area contributed by atoms with Crippen molar-refractivity contribution in [3.63, 3.8) is 0 Å². The molecule has 0 aliphatic carbocycles. The SMILES string of the molecule is CCCC(C)(CC(C)ON1C(C)(C)CCCC1(C)C)c1ccccc1. The van der Waals surface area contributed by atoms with Crippen LogP contribution < -0.4 is 0 Å². The Hall–Kier alpha value is -0.860. The lowest BCUT2D eigenvalue weighted by molar-refractivity contribution is -0.304. The van der Waals surface area contributed by atoms with E-state index in [1.807, 2.05) is 0 Å². The zero-order chi connectivity index (χ0) is 18.7. The van der Waals surface area contributed by atoms with E-state index < -0.39 is 0 Å². The van der Waals surface area contributed by atoms with E-state index in [4.69, 9.17) is 4.84 Å². The lowest BCUT2D eigenvalue weighted by Crippen LogP contribution is -2.59. The van der Waals surface area contributed by atoms with Gasteiger partial charge in [-0.3, -0.25) is 4.84 Å². The first kappa shape index (κ1) is 20.5. The molecule has 1 aliphatic heterocycles. The molecule has 2 unspecified atom stereocenters. The summed E-state index contributed by atoms with van der Waals surface area (Å²) in [6.45, 7) is 16.2. The summed E-state index contributed by atoms with van der Waals surface area (Å²) in [5.41, 5.74) is 1.80. The number of rotatable bonds is 7. The molecule has 0 radical (unpaired) electrons. The number of hydrogen-bond acceptors (Lipinski definition) is 2. The Kier molecular flexibility index (Phi) is 6.38. The van der Waals surface area contributed by atoms with Crippen LogP contribution in [-0.4, -0.2) is 22.2 Å². The van der Waals surface area contributed by atoms with Crippen LogP contribution in [0.2, 0.25) is 0 Å². The predicted molar refractivity (Wildman–Crippen MR) is 108 cm³/mol. The minimum absolute atomic E-state index is 0.101. The van der Waals surface area contributed by atoms with Gasteiger partial charge in [0.25, 0.3) is 0 Å². The molecule has 0 spiro atoms. The first-order chi connectivity index (χ1) is 11.6. The fourth-order valence-corrected chi connectivity index (χ4v) is 4.87. The molecule has 1 heterocycles. The van der Waals surface area contributed by atoms with Crippen LogP contribution in [0.15, 0.2) is 30.3 Å². The van der Waals surface area contributed by atoms with Gasteiger partial charge in [-0.25, -0.2) is 0 Å². The Morgan fingerprint density at radius 2 is 1.64 bits per heavy atom. The fraction of sp³-hybridized carbons (Fsp3) is 0.739. The van der Waals surface area contributed by atoms with Gasteiger partial charge in [0.15, 0.2) is 0 Å².